The summed E-state index contributed by atoms with van der Waals surface area (Å²) >= 11 is 0. The zero-order valence-corrected chi connectivity index (χ0v) is 14.0. The Kier molecular flexibility index (Phi) is 7.92. The predicted molar refractivity (Wildman–Crippen MR) is 93.0 cm³/mol. The minimum absolute atomic E-state index is 0.161. The lowest BCUT2D eigenvalue weighted by molar-refractivity contribution is 0.122. The lowest BCUT2D eigenvalue weighted by atomic mass is 9.98. The first-order valence-corrected chi connectivity index (χ1v) is 9.00. The first kappa shape index (κ1) is 17.5. The Bertz CT molecular complexity index is 390. The van der Waals surface area contributed by atoms with Gasteiger partial charge < -0.3 is 15.3 Å². The van der Waals surface area contributed by atoms with Gasteiger partial charge in [-0.2, -0.15) is 0 Å². The van der Waals surface area contributed by atoms with Gasteiger partial charge in [0.1, 0.15) is 0 Å². The summed E-state index contributed by atoms with van der Waals surface area (Å²) in [5, 5.41) is 14.2. The van der Waals surface area contributed by atoms with E-state index in [0.717, 1.165) is 24.9 Å². The molecule has 0 amide bonds. The van der Waals surface area contributed by atoms with E-state index in [2.05, 4.69) is 17.1 Å². The van der Waals surface area contributed by atoms with Crippen LogP contribution in [0.5, 0.6) is 0 Å². The van der Waals surface area contributed by atoms with Crippen LogP contribution in [-0.4, -0.2) is 42.2 Å². The van der Waals surface area contributed by atoms with Crippen molar-refractivity contribution in [2.45, 2.75) is 57.6 Å². The SMILES string of the molecule is CCCC(NCCCN1CCCCC1)C(O)c1ccccc1. The predicted octanol–water partition coefficient (Wildman–Crippen LogP) is 3.35. The first-order chi connectivity index (χ1) is 10.8. The minimum atomic E-state index is -0.406. The summed E-state index contributed by atoms with van der Waals surface area (Å²) < 4.78 is 0. The first-order valence-electron chi connectivity index (χ1n) is 9.00. The lowest BCUT2D eigenvalue weighted by Crippen LogP contribution is -2.37. The fraction of sp³-hybridized carbons (Fsp3) is 0.684. The molecule has 3 heteroatoms. The van der Waals surface area contributed by atoms with E-state index in [4.69, 9.17) is 0 Å². The van der Waals surface area contributed by atoms with Crippen molar-refractivity contribution in [2.24, 2.45) is 0 Å². The zero-order valence-electron chi connectivity index (χ0n) is 14.0. The van der Waals surface area contributed by atoms with Crippen LogP contribution < -0.4 is 5.32 Å². The molecule has 1 saturated heterocycles. The molecular formula is C19H32N2O. The smallest absolute Gasteiger partial charge is 0.0942 e. The molecule has 1 heterocycles. The maximum Gasteiger partial charge on any atom is 0.0942 e. The van der Waals surface area contributed by atoms with E-state index >= 15 is 0 Å². The molecule has 0 aromatic heterocycles. The summed E-state index contributed by atoms with van der Waals surface area (Å²) in [7, 11) is 0. The lowest BCUT2D eigenvalue weighted by Gasteiger charge is -2.28. The second-order valence-corrected chi connectivity index (χ2v) is 6.46. The van der Waals surface area contributed by atoms with Gasteiger partial charge in [0.25, 0.3) is 0 Å². The maximum atomic E-state index is 10.6. The van der Waals surface area contributed by atoms with Crippen molar-refractivity contribution >= 4 is 0 Å². The summed E-state index contributed by atoms with van der Waals surface area (Å²) in [6.07, 6.45) is 6.99. The Morgan fingerprint density at radius 1 is 1.14 bits per heavy atom. The van der Waals surface area contributed by atoms with E-state index in [1.165, 1.54) is 45.3 Å². The Morgan fingerprint density at radius 3 is 2.55 bits per heavy atom. The second kappa shape index (κ2) is 9.98. The van der Waals surface area contributed by atoms with Crippen LogP contribution in [0.3, 0.4) is 0 Å². The van der Waals surface area contributed by atoms with E-state index < -0.39 is 6.10 Å². The molecule has 1 aromatic carbocycles. The van der Waals surface area contributed by atoms with Crippen LogP contribution in [0.25, 0.3) is 0 Å². The van der Waals surface area contributed by atoms with Crippen LogP contribution >= 0.6 is 0 Å². The topological polar surface area (TPSA) is 35.5 Å². The summed E-state index contributed by atoms with van der Waals surface area (Å²) in [4.78, 5) is 2.58. The maximum absolute atomic E-state index is 10.6. The Hall–Kier alpha value is -0.900. The van der Waals surface area contributed by atoms with Crippen LogP contribution in [0.4, 0.5) is 0 Å². The molecule has 2 atom stereocenters. The number of aliphatic hydroxyl groups excluding tert-OH is 1. The van der Waals surface area contributed by atoms with E-state index in [1.54, 1.807) is 0 Å². The third-order valence-electron chi connectivity index (χ3n) is 4.63. The van der Waals surface area contributed by atoms with Crippen LogP contribution in [0, 0.1) is 0 Å². The highest BCUT2D eigenvalue weighted by atomic mass is 16.3. The van der Waals surface area contributed by atoms with Gasteiger partial charge in [-0.25, -0.2) is 0 Å². The summed E-state index contributed by atoms with van der Waals surface area (Å²) in [5.74, 6) is 0. The van der Waals surface area contributed by atoms with Crippen LogP contribution in [0.1, 0.15) is 57.1 Å². The molecule has 124 valence electrons. The summed E-state index contributed by atoms with van der Waals surface area (Å²) in [6, 6.07) is 10.2. The molecule has 1 aliphatic rings. The van der Waals surface area contributed by atoms with Gasteiger partial charge in [-0.15, -0.1) is 0 Å². The third-order valence-corrected chi connectivity index (χ3v) is 4.63. The number of hydrogen-bond donors (Lipinski definition) is 2. The molecule has 2 unspecified atom stereocenters. The molecule has 0 spiro atoms. The highest BCUT2D eigenvalue weighted by Gasteiger charge is 2.19. The Balaban J connectivity index is 1.73. The average molecular weight is 304 g/mol. The van der Waals surface area contributed by atoms with E-state index in [0.29, 0.717) is 0 Å². The van der Waals surface area contributed by atoms with Crippen LogP contribution in [0.2, 0.25) is 0 Å². The van der Waals surface area contributed by atoms with Gasteiger partial charge in [0.15, 0.2) is 0 Å². The fourth-order valence-electron chi connectivity index (χ4n) is 3.34. The standard InChI is InChI=1S/C19H32N2O/c1-2-10-18(19(22)17-11-5-3-6-12-17)20-13-9-16-21-14-7-4-8-15-21/h3,5-6,11-12,18-20,22H,2,4,7-10,13-16H2,1H3. The molecule has 0 saturated carbocycles. The van der Waals surface area contributed by atoms with Crippen LogP contribution in [0.15, 0.2) is 30.3 Å². The van der Waals surface area contributed by atoms with Crippen LogP contribution in [-0.2, 0) is 0 Å². The number of nitrogens with one attached hydrogen (secondary N) is 1. The molecule has 0 bridgehead atoms. The van der Waals surface area contributed by atoms with E-state index in [1.807, 2.05) is 30.3 Å². The zero-order chi connectivity index (χ0) is 15.6. The normalized spacial score (nSPS) is 19.0. The molecule has 3 nitrogen and oxygen atoms in total. The number of aliphatic hydroxyl groups is 1. The van der Waals surface area contributed by atoms with Gasteiger partial charge in [0.2, 0.25) is 0 Å². The van der Waals surface area contributed by atoms with Gasteiger partial charge in [0.05, 0.1) is 6.10 Å². The molecule has 2 N–H and O–H groups in total. The van der Waals surface area contributed by atoms with Crippen molar-refractivity contribution in [1.82, 2.24) is 10.2 Å². The number of rotatable bonds is 9. The van der Waals surface area contributed by atoms with Crippen molar-refractivity contribution in [1.29, 1.82) is 0 Å². The minimum Gasteiger partial charge on any atom is -0.387 e. The Morgan fingerprint density at radius 2 is 1.86 bits per heavy atom. The quantitative estimate of drug-likeness (QED) is 0.687. The van der Waals surface area contributed by atoms with Gasteiger partial charge in [-0.1, -0.05) is 50.1 Å². The highest BCUT2D eigenvalue weighted by Crippen LogP contribution is 2.19. The molecule has 2 rings (SSSR count). The number of likely N-dealkylation sites (tertiary alicyclic amines) is 1. The largest absolute Gasteiger partial charge is 0.387 e. The molecule has 22 heavy (non-hydrogen) atoms. The molecule has 1 fully saturated rings. The third kappa shape index (κ3) is 5.71. The van der Waals surface area contributed by atoms with E-state index in [-0.39, 0.29) is 6.04 Å². The van der Waals surface area contributed by atoms with Crippen molar-refractivity contribution in [3.63, 3.8) is 0 Å². The summed E-state index contributed by atoms with van der Waals surface area (Å²) in [6.45, 7) is 6.90. The number of nitrogens with zero attached hydrogens (tertiary/aromatic N) is 1. The highest BCUT2D eigenvalue weighted by molar-refractivity contribution is 5.18. The van der Waals surface area contributed by atoms with Gasteiger partial charge in [-0.05, 0) is 57.4 Å². The number of hydrogen-bond acceptors (Lipinski definition) is 3. The number of piperidine rings is 1. The van der Waals surface area contributed by atoms with Crippen molar-refractivity contribution in [3.8, 4) is 0 Å². The molecule has 1 aliphatic heterocycles. The Labute approximate surface area is 135 Å². The number of benzene rings is 1. The monoisotopic (exact) mass is 304 g/mol. The second-order valence-electron chi connectivity index (χ2n) is 6.46. The fourth-order valence-corrected chi connectivity index (χ4v) is 3.34. The summed E-state index contributed by atoms with van der Waals surface area (Å²) in [5.41, 5.74) is 1.02. The van der Waals surface area contributed by atoms with Crippen molar-refractivity contribution < 1.29 is 5.11 Å². The molecule has 0 aliphatic carbocycles. The molecule has 1 aromatic rings. The molecular weight excluding hydrogens is 272 g/mol. The average Bonchev–Trinajstić information content (AvgIpc) is 2.59. The van der Waals surface area contributed by atoms with Gasteiger partial charge >= 0.3 is 0 Å². The van der Waals surface area contributed by atoms with Crippen molar-refractivity contribution in [3.05, 3.63) is 35.9 Å². The van der Waals surface area contributed by atoms with Crippen molar-refractivity contribution in [2.75, 3.05) is 26.2 Å². The van der Waals surface area contributed by atoms with Gasteiger partial charge in [-0.3, -0.25) is 0 Å². The van der Waals surface area contributed by atoms with E-state index in [9.17, 15) is 5.11 Å². The van der Waals surface area contributed by atoms with Gasteiger partial charge in [0, 0.05) is 6.04 Å². The molecule has 0 radical (unpaired) electrons.